The van der Waals surface area contributed by atoms with Gasteiger partial charge in [0.15, 0.2) is 0 Å². The van der Waals surface area contributed by atoms with Crippen LogP contribution in [0, 0.1) is 0 Å². The number of ether oxygens (including phenoxy) is 1. The van der Waals surface area contributed by atoms with Crippen molar-refractivity contribution in [1.29, 1.82) is 0 Å². The zero-order chi connectivity index (χ0) is 14.4. The number of nitrogens with zero attached hydrogens (tertiary/aromatic N) is 2. The SMILES string of the molecule is Nc1cc(C(=O)N2CCOc3ccccc32)n(C2CC2)c1. The molecule has 2 heterocycles. The Hall–Kier alpha value is -2.43. The monoisotopic (exact) mass is 283 g/mol. The highest BCUT2D eigenvalue weighted by molar-refractivity contribution is 6.06. The first-order valence-corrected chi connectivity index (χ1v) is 7.25. The largest absolute Gasteiger partial charge is 0.490 e. The Morgan fingerprint density at radius 1 is 1.29 bits per heavy atom. The van der Waals surface area contributed by atoms with Gasteiger partial charge in [-0.3, -0.25) is 4.79 Å². The van der Waals surface area contributed by atoms with E-state index in [1.54, 1.807) is 11.0 Å². The van der Waals surface area contributed by atoms with Crippen LogP contribution in [0.25, 0.3) is 0 Å². The maximum atomic E-state index is 12.9. The molecule has 0 bridgehead atoms. The molecule has 0 atom stereocenters. The van der Waals surface area contributed by atoms with Gasteiger partial charge in [0, 0.05) is 12.2 Å². The number of aromatic nitrogens is 1. The quantitative estimate of drug-likeness (QED) is 0.921. The van der Waals surface area contributed by atoms with Gasteiger partial charge >= 0.3 is 0 Å². The average molecular weight is 283 g/mol. The van der Waals surface area contributed by atoms with Crippen LogP contribution in [0.3, 0.4) is 0 Å². The Morgan fingerprint density at radius 3 is 2.90 bits per heavy atom. The molecule has 108 valence electrons. The minimum Gasteiger partial charge on any atom is -0.490 e. The minimum absolute atomic E-state index is 0.00523. The van der Waals surface area contributed by atoms with Crippen LogP contribution in [0.1, 0.15) is 29.4 Å². The predicted octanol–water partition coefficient (Wildman–Crippen LogP) is 2.44. The van der Waals surface area contributed by atoms with Crippen molar-refractivity contribution in [3.05, 3.63) is 42.2 Å². The Labute approximate surface area is 122 Å². The fraction of sp³-hybridized carbons (Fsp3) is 0.312. The molecule has 1 saturated carbocycles. The fourth-order valence-electron chi connectivity index (χ4n) is 2.85. The van der Waals surface area contributed by atoms with E-state index in [0.29, 0.717) is 30.6 Å². The molecule has 1 aromatic carbocycles. The van der Waals surface area contributed by atoms with Crippen LogP contribution in [0.5, 0.6) is 5.75 Å². The topological polar surface area (TPSA) is 60.5 Å². The summed E-state index contributed by atoms with van der Waals surface area (Å²) in [5.41, 5.74) is 8.04. The van der Waals surface area contributed by atoms with E-state index in [0.717, 1.165) is 24.3 Å². The molecule has 5 nitrogen and oxygen atoms in total. The molecule has 0 saturated heterocycles. The van der Waals surface area contributed by atoms with Gasteiger partial charge in [-0.1, -0.05) is 12.1 Å². The van der Waals surface area contributed by atoms with Crippen LogP contribution in [-0.4, -0.2) is 23.6 Å². The lowest BCUT2D eigenvalue weighted by atomic mass is 10.2. The second kappa shape index (κ2) is 4.55. The number of amides is 1. The highest BCUT2D eigenvalue weighted by Crippen LogP contribution is 2.38. The molecule has 1 fully saturated rings. The predicted molar refractivity (Wildman–Crippen MR) is 80.7 cm³/mol. The normalized spacial score (nSPS) is 17.2. The summed E-state index contributed by atoms with van der Waals surface area (Å²) in [6.07, 6.45) is 4.11. The van der Waals surface area contributed by atoms with E-state index in [1.807, 2.05) is 35.0 Å². The van der Waals surface area contributed by atoms with Crippen LogP contribution in [0.15, 0.2) is 36.5 Å². The second-order valence-electron chi connectivity index (χ2n) is 5.57. The van der Waals surface area contributed by atoms with Crippen LogP contribution in [-0.2, 0) is 0 Å². The number of nitrogens with two attached hydrogens (primary N) is 1. The van der Waals surface area contributed by atoms with Crippen molar-refractivity contribution in [2.45, 2.75) is 18.9 Å². The van der Waals surface area contributed by atoms with Crippen molar-refractivity contribution >= 4 is 17.3 Å². The van der Waals surface area contributed by atoms with Gasteiger partial charge in [0.25, 0.3) is 5.91 Å². The number of anilines is 2. The molecule has 1 aromatic heterocycles. The molecule has 1 amide bonds. The Balaban J connectivity index is 1.73. The number of benzene rings is 1. The smallest absolute Gasteiger partial charge is 0.275 e. The van der Waals surface area contributed by atoms with Gasteiger partial charge in [-0.15, -0.1) is 0 Å². The first-order valence-electron chi connectivity index (χ1n) is 7.25. The van der Waals surface area contributed by atoms with Crippen molar-refractivity contribution in [3.8, 4) is 5.75 Å². The van der Waals surface area contributed by atoms with Gasteiger partial charge in [0.05, 0.1) is 17.9 Å². The van der Waals surface area contributed by atoms with Gasteiger partial charge in [-0.2, -0.15) is 0 Å². The van der Waals surface area contributed by atoms with E-state index in [9.17, 15) is 4.79 Å². The molecule has 2 N–H and O–H groups in total. The Kier molecular flexibility index (Phi) is 2.67. The molecule has 0 spiro atoms. The molecule has 5 heteroatoms. The second-order valence-corrected chi connectivity index (χ2v) is 5.57. The summed E-state index contributed by atoms with van der Waals surface area (Å²) in [5.74, 6) is 0.754. The average Bonchev–Trinajstić information content (AvgIpc) is 3.28. The number of carbonyl (C=O) groups excluding carboxylic acids is 1. The molecule has 2 aliphatic rings. The molecule has 4 rings (SSSR count). The first-order chi connectivity index (χ1) is 10.2. The van der Waals surface area contributed by atoms with Gasteiger partial charge in [-0.05, 0) is 31.0 Å². The third kappa shape index (κ3) is 2.05. The van der Waals surface area contributed by atoms with Crippen molar-refractivity contribution in [1.82, 2.24) is 4.57 Å². The van der Waals surface area contributed by atoms with Crippen LogP contribution in [0.2, 0.25) is 0 Å². The third-order valence-corrected chi connectivity index (χ3v) is 4.00. The fourth-order valence-corrected chi connectivity index (χ4v) is 2.85. The van der Waals surface area contributed by atoms with Crippen molar-refractivity contribution in [2.75, 3.05) is 23.8 Å². The first kappa shape index (κ1) is 12.3. The molecule has 1 aliphatic carbocycles. The standard InChI is InChI=1S/C16H17N3O2/c17-11-9-14(19(10-11)12-5-6-12)16(20)18-7-8-21-15-4-2-1-3-13(15)18/h1-4,9-10,12H,5-8,17H2. The van der Waals surface area contributed by atoms with E-state index in [1.165, 1.54) is 0 Å². The number of hydrogen-bond donors (Lipinski definition) is 1. The number of para-hydroxylation sites is 2. The lowest BCUT2D eigenvalue weighted by Gasteiger charge is -2.29. The van der Waals surface area contributed by atoms with Gasteiger partial charge in [-0.25, -0.2) is 0 Å². The number of hydrogen-bond acceptors (Lipinski definition) is 3. The molecular weight excluding hydrogens is 266 g/mol. The van der Waals surface area contributed by atoms with E-state index < -0.39 is 0 Å². The molecule has 0 unspecified atom stereocenters. The highest BCUT2D eigenvalue weighted by Gasteiger charge is 2.31. The van der Waals surface area contributed by atoms with Crippen LogP contribution < -0.4 is 15.4 Å². The number of nitrogen functional groups attached to an aromatic ring is 1. The van der Waals surface area contributed by atoms with Crippen molar-refractivity contribution in [2.24, 2.45) is 0 Å². The molecule has 2 aromatic rings. The van der Waals surface area contributed by atoms with Crippen molar-refractivity contribution in [3.63, 3.8) is 0 Å². The maximum Gasteiger partial charge on any atom is 0.275 e. The van der Waals surface area contributed by atoms with Crippen molar-refractivity contribution < 1.29 is 9.53 Å². The lowest BCUT2D eigenvalue weighted by Crippen LogP contribution is -2.38. The van der Waals surface area contributed by atoms with Gasteiger partial charge in [0.1, 0.15) is 18.1 Å². The summed E-state index contributed by atoms with van der Waals surface area (Å²) in [6, 6.07) is 9.85. The Bertz CT molecular complexity index is 703. The van der Waals surface area contributed by atoms with Gasteiger partial charge in [0.2, 0.25) is 0 Å². The summed E-state index contributed by atoms with van der Waals surface area (Å²) in [7, 11) is 0. The maximum absolute atomic E-state index is 12.9. The van der Waals surface area contributed by atoms with Crippen LogP contribution >= 0.6 is 0 Å². The zero-order valence-corrected chi connectivity index (χ0v) is 11.7. The minimum atomic E-state index is -0.00523. The summed E-state index contributed by atoms with van der Waals surface area (Å²) in [4.78, 5) is 14.7. The summed E-state index contributed by atoms with van der Waals surface area (Å²) in [5, 5.41) is 0. The van der Waals surface area contributed by atoms with E-state index in [4.69, 9.17) is 10.5 Å². The lowest BCUT2D eigenvalue weighted by molar-refractivity contribution is 0.0967. The molecule has 1 aliphatic heterocycles. The Morgan fingerprint density at radius 2 is 2.10 bits per heavy atom. The number of rotatable bonds is 2. The molecule has 0 radical (unpaired) electrons. The van der Waals surface area contributed by atoms with E-state index in [-0.39, 0.29) is 5.91 Å². The number of fused-ring (bicyclic) bond motifs is 1. The van der Waals surface area contributed by atoms with Gasteiger partial charge < -0.3 is 19.9 Å². The summed E-state index contributed by atoms with van der Waals surface area (Å²) < 4.78 is 7.63. The zero-order valence-electron chi connectivity index (χ0n) is 11.7. The van der Waals surface area contributed by atoms with Crippen LogP contribution in [0.4, 0.5) is 11.4 Å². The molecule has 21 heavy (non-hydrogen) atoms. The van der Waals surface area contributed by atoms with E-state index >= 15 is 0 Å². The summed E-state index contributed by atoms with van der Waals surface area (Å²) in [6.45, 7) is 1.08. The summed E-state index contributed by atoms with van der Waals surface area (Å²) >= 11 is 0. The third-order valence-electron chi connectivity index (χ3n) is 4.00. The molecular formula is C16H17N3O2. The number of carbonyl (C=O) groups is 1. The van der Waals surface area contributed by atoms with E-state index in [2.05, 4.69) is 0 Å². The highest BCUT2D eigenvalue weighted by atomic mass is 16.5.